The summed E-state index contributed by atoms with van der Waals surface area (Å²) in [5.74, 6) is -5.21. The van der Waals surface area contributed by atoms with Crippen LogP contribution in [0.3, 0.4) is 0 Å². The molecule has 12 heteroatoms. The Labute approximate surface area is 235 Å². The van der Waals surface area contributed by atoms with E-state index in [1.165, 1.54) is 6.07 Å². The Bertz CT molecular complexity index is 1450. The van der Waals surface area contributed by atoms with Crippen LogP contribution in [0.5, 0.6) is 0 Å². The molecule has 0 radical (unpaired) electrons. The smallest absolute Gasteiger partial charge is 0.336 e. The number of carboxylic acid groups (broad SMARTS) is 3. The highest BCUT2D eigenvalue weighted by Crippen LogP contribution is 2.17. The molecule has 4 aromatic rings. The van der Waals surface area contributed by atoms with Crippen molar-refractivity contribution in [2.24, 2.45) is 0 Å². The Morgan fingerprint density at radius 3 is 2.29 bits per heavy atom. The zero-order chi connectivity index (χ0) is 29.8. The van der Waals surface area contributed by atoms with Gasteiger partial charge in [0.15, 0.2) is 5.60 Å². The second-order valence-electron chi connectivity index (χ2n) is 9.47. The summed E-state index contributed by atoms with van der Waals surface area (Å²) in [4.78, 5) is 41.7. The summed E-state index contributed by atoms with van der Waals surface area (Å²) < 4.78 is 15.7. The maximum absolute atomic E-state index is 13.6. The quantitative estimate of drug-likeness (QED) is 0.188. The molecule has 216 valence electrons. The first kappa shape index (κ1) is 30.9. The SMILES string of the molecule is Fc1cccc(CN(CCCn2ccnc2)Cc2ccc3ccccc3n2)c1.O=C(O)CC(O)(CC(=O)O)C(=O)O. The maximum Gasteiger partial charge on any atom is 0.336 e. The Kier molecular flexibility index (Phi) is 11.0. The molecule has 0 bridgehead atoms. The first-order chi connectivity index (χ1) is 19.5. The Balaban J connectivity index is 0.000000302. The number of rotatable bonds is 13. The number of carbonyl (C=O) groups is 3. The number of hydrogen-bond acceptors (Lipinski definition) is 7. The number of nitrogens with zero attached hydrogens (tertiary/aromatic N) is 4. The van der Waals surface area contributed by atoms with E-state index in [-0.39, 0.29) is 5.82 Å². The van der Waals surface area contributed by atoms with E-state index in [0.717, 1.165) is 48.2 Å². The Hall–Kier alpha value is -4.68. The van der Waals surface area contributed by atoms with Gasteiger partial charge in [-0.25, -0.2) is 14.2 Å². The lowest BCUT2D eigenvalue weighted by molar-refractivity contribution is -0.170. The van der Waals surface area contributed by atoms with Gasteiger partial charge in [-0.15, -0.1) is 0 Å². The molecule has 0 aliphatic rings. The lowest BCUT2D eigenvalue weighted by Gasteiger charge is -2.22. The van der Waals surface area contributed by atoms with E-state index in [4.69, 9.17) is 25.4 Å². The molecule has 0 unspecified atom stereocenters. The number of benzene rings is 2. The average molecular weight is 567 g/mol. The molecule has 0 amide bonds. The Morgan fingerprint density at radius 1 is 0.927 bits per heavy atom. The highest BCUT2D eigenvalue weighted by atomic mass is 19.1. The van der Waals surface area contributed by atoms with E-state index in [0.29, 0.717) is 6.54 Å². The van der Waals surface area contributed by atoms with E-state index in [2.05, 4.69) is 32.7 Å². The first-order valence-electron chi connectivity index (χ1n) is 12.7. The number of fused-ring (bicyclic) bond motifs is 1. The number of aliphatic carboxylic acids is 3. The van der Waals surface area contributed by atoms with Crippen molar-refractivity contribution in [3.8, 4) is 0 Å². The van der Waals surface area contributed by atoms with Gasteiger partial charge in [0.25, 0.3) is 0 Å². The van der Waals surface area contributed by atoms with Crippen molar-refractivity contribution in [2.45, 2.75) is 44.5 Å². The number of aryl methyl sites for hydroxylation is 1. The molecule has 2 aromatic heterocycles. The standard InChI is InChI=1S/C23H23FN4.C6H8O7/c24-21-7-3-5-19(15-21)16-28(13-4-12-27-14-11-25-18-27)17-22-10-9-20-6-1-2-8-23(20)26-22;7-3(8)1-6(13,5(11)12)2-4(9)10/h1-3,5-11,14-15,18H,4,12-13,16-17H2;13H,1-2H2,(H,7,8)(H,9,10)(H,11,12). The second-order valence-corrected chi connectivity index (χ2v) is 9.47. The predicted molar refractivity (Wildman–Crippen MR) is 146 cm³/mol. The molecule has 0 spiro atoms. The topological polar surface area (TPSA) is 166 Å². The Morgan fingerprint density at radius 2 is 1.66 bits per heavy atom. The highest BCUT2D eigenvalue weighted by molar-refractivity contribution is 5.88. The summed E-state index contributed by atoms with van der Waals surface area (Å²) in [6, 6.07) is 19.2. The number of aliphatic hydroxyl groups is 1. The average Bonchev–Trinajstić information content (AvgIpc) is 3.41. The molecule has 0 aliphatic heterocycles. The van der Waals surface area contributed by atoms with Crippen molar-refractivity contribution in [1.82, 2.24) is 19.4 Å². The molecule has 0 aliphatic carbocycles. The minimum absolute atomic E-state index is 0.195. The van der Waals surface area contributed by atoms with Crippen LogP contribution in [0, 0.1) is 5.82 Å². The van der Waals surface area contributed by atoms with Crippen molar-refractivity contribution in [2.75, 3.05) is 6.54 Å². The summed E-state index contributed by atoms with van der Waals surface area (Å²) in [6.07, 6.45) is 4.30. The lowest BCUT2D eigenvalue weighted by atomic mass is 9.96. The predicted octanol–water partition coefficient (Wildman–Crippen LogP) is 3.41. The number of imidazole rings is 1. The van der Waals surface area contributed by atoms with Crippen LogP contribution < -0.4 is 0 Å². The molecule has 0 saturated carbocycles. The summed E-state index contributed by atoms with van der Waals surface area (Å²) >= 11 is 0. The van der Waals surface area contributed by atoms with Gasteiger partial charge in [-0.3, -0.25) is 19.5 Å². The number of pyridine rings is 1. The number of aromatic nitrogens is 3. The fourth-order valence-corrected chi connectivity index (χ4v) is 4.14. The van der Waals surface area contributed by atoms with E-state index in [1.54, 1.807) is 18.3 Å². The van der Waals surface area contributed by atoms with Gasteiger partial charge in [0.1, 0.15) is 5.82 Å². The van der Waals surface area contributed by atoms with Gasteiger partial charge in [0, 0.05) is 44.0 Å². The monoisotopic (exact) mass is 566 g/mol. The largest absolute Gasteiger partial charge is 0.481 e. The van der Waals surface area contributed by atoms with E-state index in [9.17, 15) is 18.8 Å². The third kappa shape index (κ3) is 10.1. The van der Waals surface area contributed by atoms with Crippen LogP contribution >= 0.6 is 0 Å². The van der Waals surface area contributed by atoms with Crippen LogP contribution in [0.25, 0.3) is 10.9 Å². The van der Waals surface area contributed by atoms with Crippen molar-refractivity contribution >= 4 is 28.8 Å². The van der Waals surface area contributed by atoms with Crippen molar-refractivity contribution in [1.29, 1.82) is 0 Å². The normalized spacial score (nSPS) is 11.2. The zero-order valence-corrected chi connectivity index (χ0v) is 22.1. The molecule has 41 heavy (non-hydrogen) atoms. The van der Waals surface area contributed by atoms with Crippen molar-refractivity contribution in [3.05, 3.63) is 96.5 Å². The molecule has 4 N–H and O–H groups in total. The summed E-state index contributed by atoms with van der Waals surface area (Å²) in [6.45, 7) is 3.22. The fraction of sp³-hybridized carbons (Fsp3) is 0.276. The lowest BCUT2D eigenvalue weighted by Crippen LogP contribution is -2.42. The minimum Gasteiger partial charge on any atom is -0.481 e. The zero-order valence-electron chi connectivity index (χ0n) is 22.1. The van der Waals surface area contributed by atoms with Gasteiger partial charge >= 0.3 is 17.9 Å². The fourth-order valence-electron chi connectivity index (χ4n) is 4.14. The van der Waals surface area contributed by atoms with Crippen LogP contribution in [0.2, 0.25) is 0 Å². The molecular weight excluding hydrogens is 535 g/mol. The number of para-hydroxylation sites is 1. The molecule has 2 heterocycles. The molecule has 0 saturated heterocycles. The van der Waals surface area contributed by atoms with Crippen molar-refractivity contribution < 1.29 is 39.2 Å². The molecular formula is C29H31FN4O7. The van der Waals surface area contributed by atoms with E-state index >= 15 is 0 Å². The summed E-state index contributed by atoms with van der Waals surface area (Å²) in [5.41, 5.74) is 0.266. The second kappa shape index (κ2) is 14.6. The molecule has 0 fully saturated rings. The van der Waals surface area contributed by atoms with Crippen LogP contribution in [0.15, 0.2) is 79.4 Å². The summed E-state index contributed by atoms with van der Waals surface area (Å²) in [7, 11) is 0. The van der Waals surface area contributed by atoms with E-state index < -0.39 is 36.4 Å². The van der Waals surface area contributed by atoms with Crippen LogP contribution in [-0.4, -0.2) is 69.9 Å². The number of hydrogen-bond donors (Lipinski definition) is 4. The van der Waals surface area contributed by atoms with Gasteiger partial charge in [-0.1, -0.05) is 36.4 Å². The van der Waals surface area contributed by atoms with Gasteiger partial charge in [-0.2, -0.15) is 0 Å². The number of carboxylic acids is 3. The third-order valence-corrected chi connectivity index (χ3v) is 6.07. The van der Waals surface area contributed by atoms with Crippen LogP contribution in [0.4, 0.5) is 4.39 Å². The molecule has 2 aromatic carbocycles. The summed E-state index contributed by atoms with van der Waals surface area (Å²) in [5, 5.41) is 35.0. The van der Waals surface area contributed by atoms with Gasteiger partial charge in [-0.05, 0) is 36.2 Å². The molecule has 4 rings (SSSR count). The van der Waals surface area contributed by atoms with Gasteiger partial charge < -0.3 is 25.0 Å². The number of halogens is 1. The highest BCUT2D eigenvalue weighted by Gasteiger charge is 2.40. The minimum atomic E-state index is -2.74. The van der Waals surface area contributed by atoms with Crippen LogP contribution in [-0.2, 0) is 34.0 Å². The van der Waals surface area contributed by atoms with Crippen LogP contribution in [0.1, 0.15) is 30.5 Å². The first-order valence-corrected chi connectivity index (χ1v) is 12.7. The molecule has 0 atom stereocenters. The maximum atomic E-state index is 13.6. The van der Waals surface area contributed by atoms with Gasteiger partial charge in [0.2, 0.25) is 0 Å². The molecule has 11 nitrogen and oxygen atoms in total. The third-order valence-electron chi connectivity index (χ3n) is 6.07. The van der Waals surface area contributed by atoms with Crippen molar-refractivity contribution in [3.63, 3.8) is 0 Å². The van der Waals surface area contributed by atoms with E-state index in [1.807, 2.05) is 36.8 Å². The van der Waals surface area contributed by atoms with Gasteiger partial charge in [0.05, 0.1) is 30.4 Å².